The third-order valence-corrected chi connectivity index (χ3v) is 4.03. The van der Waals surface area contributed by atoms with Crippen LogP contribution in [0.3, 0.4) is 0 Å². The molecule has 1 fully saturated rings. The first-order valence-electron chi connectivity index (χ1n) is 7.36. The Bertz CT molecular complexity index is 425. The normalized spacial score (nSPS) is 25.1. The van der Waals surface area contributed by atoms with E-state index in [0.29, 0.717) is 18.7 Å². The standard InChI is InChI=1S/C15H27N3O2/c1-15(2,3)13-9-17-14(20-13)10-18-6-5-12(19-4)7-11(18)8-16/h9,11-12H,5-8,10,16H2,1-4H3. The fourth-order valence-corrected chi connectivity index (χ4v) is 2.63. The van der Waals surface area contributed by atoms with Crippen LogP contribution in [-0.2, 0) is 16.7 Å². The van der Waals surface area contributed by atoms with Crippen LogP contribution in [0.5, 0.6) is 0 Å². The first-order chi connectivity index (χ1) is 9.44. The van der Waals surface area contributed by atoms with E-state index >= 15 is 0 Å². The summed E-state index contributed by atoms with van der Waals surface area (Å²) in [6.07, 6.45) is 4.20. The molecule has 0 bridgehead atoms. The highest BCUT2D eigenvalue weighted by Gasteiger charge is 2.29. The first-order valence-corrected chi connectivity index (χ1v) is 7.36. The molecule has 2 heterocycles. The van der Waals surface area contributed by atoms with Crippen LogP contribution in [-0.4, -0.2) is 42.2 Å². The summed E-state index contributed by atoms with van der Waals surface area (Å²) in [5.74, 6) is 1.72. The number of piperidine rings is 1. The molecule has 2 atom stereocenters. The number of rotatable bonds is 4. The predicted octanol–water partition coefficient (Wildman–Crippen LogP) is 1.91. The average molecular weight is 281 g/mol. The Labute approximate surface area is 121 Å². The molecule has 1 saturated heterocycles. The second-order valence-electron chi connectivity index (χ2n) is 6.61. The van der Waals surface area contributed by atoms with Crippen LogP contribution in [0.25, 0.3) is 0 Å². The van der Waals surface area contributed by atoms with Crippen molar-refractivity contribution in [3.63, 3.8) is 0 Å². The van der Waals surface area contributed by atoms with E-state index in [-0.39, 0.29) is 5.41 Å². The lowest BCUT2D eigenvalue weighted by Gasteiger charge is -2.37. The first kappa shape index (κ1) is 15.5. The maximum absolute atomic E-state index is 5.89. The van der Waals surface area contributed by atoms with Gasteiger partial charge in [-0.25, -0.2) is 4.98 Å². The van der Waals surface area contributed by atoms with Crippen LogP contribution < -0.4 is 5.73 Å². The van der Waals surface area contributed by atoms with Gasteiger partial charge >= 0.3 is 0 Å². The quantitative estimate of drug-likeness (QED) is 0.913. The number of methoxy groups -OCH3 is 1. The van der Waals surface area contributed by atoms with Crippen molar-refractivity contribution in [2.24, 2.45) is 5.73 Å². The summed E-state index contributed by atoms with van der Waals surface area (Å²) in [6.45, 7) is 8.74. The molecule has 0 aliphatic carbocycles. The summed E-state index contributed by atoms with van der Waals surface area (Å²) < 4.78 is 11.3. The number of nitrogens with two attached hydrogens (primary N) is 1. The number of ether oxygens (including phenoxy) is 1. The molecule has 1 aliphatic rings. The zero-order valence-corrected chi connectivity index (χ0v) is 13.1. The molecule has 2 rings (SSSR count). The lowest BCUT2D eigenvalue weighted by Crippen LogP contribution is -2.48. The molecule has 0 spiro atoms. The largest absolute Gasteiger partial charge is 0.444 e. The van der Waals surface area contributed by atoms with Gasteiger partial charge in [-0.3, -0.25) is 4.90 Å². The van der Waals surface area contributed by atoms with Crippen LogP contribution in [0.2, 0.25) is 0 Å². The summed E-state index contributed by atoms with van der Waals surface area (Å²) in [5, 5.41) is 0. The minimum absolute atomic E-state index is 0.00155. The van der Waals surface area contributed by atoms with E-state index in [2.05, 4.69) is 30.7 Å². The molecule has 5 heteroatoms. The van der Waals surface area contributed by atoms with E-state index < -0.39 is 0 Å². The van der Waals surface area contributed by atoms with Crippen LogP contribution >= 0.6 is 0 Å². The highest BCUT2D eigenvalue weighted by atomic mass is 16.5. The van der Waals surface area contributed by atoms with Crippen LogP contribution in [0.1, 0.15) is 45.3 Å². The molecular formula is C15H27N3O2. The Morgan fingerprint density at radius 2 is 2.25 bits per heavy atom. The van der Waals surface area contributed by atoms with Gasteiger partial charge in [0.25, 0.3) is 0 Å². The molecule has 0 saturated carbocycles. The Balaban J connectivity index is 2.00. The van der Waals surface area contributed by atoms with Crippen molar-refractivity contribution in [3.05, 3.63) is 17.8 Å². The van der Waals surface area contributed by atoms with Crippen molar-refractivity contribution >= 4 is 0 Å². The summed E-state index contributed by atoms with van der Waals surface area (Å²) in [6, 6.07) is 0.346. The summed E-state index contributed by atoms with van der Waals surface area (Å²) >= 11 is 0. The second kappa shape index (κ2) is 6.24. The zero-order chi connectivity index (χ0) is 14.8. The smallest absolute Gasteiger partial charge is 0.208 e. The van der Waals surface area contributed by atoms with Crippen molar-refractivity contribution in [3.8, 4) is 0 Å². The summed E-state index contributed by atoms with van der Waals surface area (Å²) in [7, 11) is 1.78. The molecule has 5 nitrogen and oxygen atoms in total. The van der Waals surface area contributed by atoms with Crippen LogP contribution in [0, 0.1) is 0 Å². The van der Waals surface area contributed by atoms with Crippen molar-refractivity contribution in [1.82, 2.24) is 9.88 Å². The van der Waals surface area contributed by atoms with Gasteiger partial charge in [0.15, 0.2) is 0 Å². The summed E-state index contributed by atoms with van der Waals surface area (Å²) in [5.41, 5.74) is 5.89. The van der Waals surface area contributed by atoms with Gasteiger partial charge in [-0.05, 0) is 12.8 Å². The molecule has 2 unspecified atom stereocenters. The average Bonchev–Trinajstić information content (AvgIpc) is 2.87. The SMILES string of the molecule is COC1CCN(Cc2ncc(C(C)(C)C)o2)C(CN)C1. The van der Waals surface area contributed by atoms with Crippen molar-refractivity contribution in [1.29, 1.82) is 0 Å². The molecule has 0 aromatic carbocycles. The lowest BCUT2D eigenvalue weighted by molar-refractivity contribution is 0.00716. The molecule has 0 amide bonds. The maximum Gasteiger partial charge on any atom is 0.208 e. The summed E-state index contributed by atoms with van der Waals surface area (Å²) in [4.78, 5) is 6.76. The van der Waals surface area contributed by atoms with Crippen LogP contribution in [0.15, 0.2) is 10.6 Å². The highest BCUT2D eigenvalue weighted by Crippen LogP contribution is 2.25. The molecule has 114 valence electrons. The van der Waals surface area contributed by atoms with Crippen LogP contribution in [0.4, 0.5) is 0 Å². The Morgan fingerprint density at radius 1 is 1.50 bits per heavy atom. The van der Waals surface area contributed by atoms with Gasteiger partial charge in [0.2, 0.25) is 5.89 Å². The van der Waals surface area contributed by atoms with E-state index in [1.807, 2.05) is 6.20 Å². The maximum atomic E-state index is 5.89. The lowest BCUT2D eigenvalue weighted by atomic mass is 9.94. The van der Waals surface area contributed by atoms with Crippen molar-refractivity contribution in [2.75, 3.05) is 20.2 Å². The van der Waals surface area contributed by atoms with Gasteiger partial charge in [0.05, 0.1) is 18.8 Å². The minimum atomic E-state index is 0.00155. The number of hydrogen-bond acceptors (Lipinski definition) is 5. The van der Waals surface area contributed by atoms with Crippen molar-refractivity contribution < 1.29 is 9.15 Å². The fraction of sp³-hybridized carbons (Fsp3) is 0.800. The van der Waals surface area contributed by atoms with E-state index in [0.717, 1.165) is 37.6 Å². The fourth-order valence-electron chi connectivity index (χ4n) is 2.63. The molecular weight excluding hydrogens is 254 g/mol. The molecule has 1 aromatic rings. The highest BCUT2D eigenvalue weighted by molar-refractivity contribution is 5.06. The topological polar surface area (TPSA) is 64.5 Å². The van der Waals surface area contributed by atoms with E-state index in [1.54, 1.807) is 7.11 Å². The van der Waals surface area contributed by atoms with Gasteiger partial charge in [0.1, 0.15) is 5.76 Å². The zero-order valence-electron chi connectivity index (χ0n) is 13.1. The Hall–Kier alpha value is -0.910. The second-order valence-corrected chi connectivity index (χ2v) is 6.61. The monoisotopic (exact) mass is 281 g/mol. The van der Waals surface area contributed by atoms with Crippen molar-refractivity contribution in [2.45, 2.75) is 57.7 Å². The molecule has 20 heavy (non-hydrogen) atoms. The van der Waals surface area contributed by atoms with Gasteiger partial charge in [-0.2, -0.15) is 0 Å². The van der Waals surface area contributed by atoms with Gasteiger partial charge in [0, 0.05) is 31.7 Å². The third-order valence-electron chi connectivity index (χ3n) is 4.03. The van der Waals surface area contributed by atoms with Gasteiger partial charge in [-0.1, -0.05) is 20.8 Å². The number of likely N-dealkylation sites (tertiary alicyclic amines) is 1. The van der Waals surface area contributed by atoms with Gasteiger partial charge in [-0.15, -0.1) is 0 Å². The van der Waals surface area contributed by atoms with Gasteiger partial charge < -0.3 is 14.9 Å². The van der Waals surface area contributed by atoms with E-state index in [1.165, 1.54) is 0 Å². The Kier molecular flexibility index (Phi) is 4.83. The minimum Gasteiger partial charge on any atom is -0.444 e. The van der Waals surface area contributed by atoms with E-state index in [4.69, 9.17) is 14.9 Å². The number of aromatic nitrogens is 1. The number of oxazole rings is 1. The number of nitrogens with zero attached hydrogens (tertiary/aromatic N) is 2. The molecule has 1 aliphatic heterocycles. The number of hydrogen-bond donors (Lipinski definition) is 1. The molecule has 1 aromatic heterocycles. The molecule has 2 N–H and O–H groups in total. The Morgan fingerprint density at radius 3 is 2.80 bits per heavy atom. The third kappa shape index (κ3) is 3.59. The van der Waals surface area contributed by atoms with E-state index in [9.17, 15) is 0 Å². The predicted molar refractivity (Wildman–Crippen MR) is 78.5 cm³/mol. The molecule has 0 radical (unpaired) electrons.